The Labute approximate surface area is 360 Å². The summed E-state index contributed by atoms with van der Waals surface area (Å²) >= 11 is 0. The number of anilines is 4. The molecule has 0 atom stereocenters. The lowest BCUT2D eigenvalue weighted by atomic mass is 10.0. The normalized spacial score (nSPS) is 13.8. The van der Waals surface area contributed by atoms with Gasteiger partial charge in [-0.05, 0) is 59.7 Å². The topological polar surface area (TPSA) is 142 Å². The summed E-state index contributed by atoms with van der Waals surface area (Å²) in [5.74, 6) is 3.35. The Kier molecular flexibility index (Phi) is 12.9. The van der Waals surface area contributed by atoms with Gasteiger partial charge in [0.1, 0.15) is 0 Å². The average molecular weight is 827 g/mol. The van der Waals surface area contributed by atoms with Gasteiger partial charge in [-0.15, -0.1) is 32.8 Å². The third-order valence-corrected chi connectivity index (χ3v) is 10.5. The Morgan fingerprint density at radius 3 is 1.03 bits per heavy atom. The van der Waals surface area contributed by atoms with E-state index in [1.807, 2.05) is 97.6 Å². The van der Waals surface area contributed by atoms with Crippen LogP contribution in [0.1, 0.15) is 0 Å². The molecule has 14 nitrogen and oxygen atoms in total. The molecule has 2 saturated heterocycles. The van der Waals surface area contributed by atoms with Crippen LogP contribution in [0.5, 0.6) is 0 Å². The highest BCUT2D eigenvalue weighted by molar-refractivity contribution is 5.85. The van der Waals surface area contributed by atoms with Gasteiger partial charge in [0.05, 0.1) is 11.4 Å². The van der Waals surface area contributed by atoms with E-state index < -0.39 is 0 Å². The first-order chi connectivity index (χ1) is 29.8. The zero-order valence-corrected chi connectivity index (χ0v) is 34.2. The molecule has 0 aliphatic carbocycles. The summed E-state index contributed by atoms with van der Waals surface area (Å²) in [6.45, 7) is 6.66. The van der Waals surface area contributed by atoms with E-state index in [0.717, 1.165) is 121 Å². The van der Waals surface area contributed by atoms with Gasteiger partial charge in [0.25, 0.3) is 0 Å². The molecule has 2 aliphatic heterocycles. The van der Waals surface area contributed by atoms with Crippen molar-refractivity contribution in [2.75, 3.05) is 72.0 Å². The number of hydrogen-bond acceptors (Lipinski definition) is 14. The van der Waals surface area contributed by atoms with Gasteiger partial charge in [0, 0.05) is 124 Å². The minimum absolute atomic E-state index is 0. The predicted molar refractivity (Wildman–Crippen MR) is 242 cm³/mol. The van der Waals surface area contributed by atoms with Crippen molar-refractivity contribution in [1.29, 1.82) is 0 Å². The fourth-order valence-corrected chi connectivity index (χ4v) is 7.37. The minimum atomic E-state index is 0. The lowest BCUT2D eigenvalue weighted by Crippen LogP contribution is -2.47. The Morgan fingerprint density at radius 1 is 0.328 bits per heavy atom. The largest absolute Gasteiger partial charge is 0.351 e. The van der Waals surface area contributed by atoms with Gasteiger partial charge in [-0.25, -0.2) is 19.9 Å². The minimum Gasteiger partial charge on any atom is -0.351 e. The van der Waals surface area contributed by atoms with Crippen LogP contribution in [0.3, 0.4) is 0 Å². The fraction of sp³-hybridized carbons (Fsp3) is 0.174. The molecule has 2 aromatic carbocycles. The van der Waals surface area contributed by atoms with Crippen molar-refractivity contribution < 1.29 is 0 Å². The van der Waals surface area contributed by atoms with E-state index in [0.29, 0.717) is 0 Å². The molecule has 8 heterocycles. The van der Waals surface area contributed by atoms with Gasteiger partial charge in [-0.1, -0.05) is 60.7 Å². The van der Waals surface area contributed by atoms with Crippen LogP contribution in [-0.2, 0) is 0 Å². The molecule has 0 radical (unpaired) electrons. The molecule has 0 amide bonds. The van der Waals surface area contributed by atoms with Crippen molar-refractivity contribution in [3.63, 3.8) is 0 Å². The molecule has 0 N–H and O–H groups in total. The van der Waals surface area contributed by atoms with E-state index in [1.165, 1.54) is 0 Å². The van der Waals surface area contributed by atoms with Crippen molar-refractivity contribution in [2.45, 2.75) is 0 Å². The van der Waals surface area contributed by atoms with Crippen LogP contribution in [0.15, 0.2) is 159 Å². The molecule has 0 bridgehead atoms. The molecular weight excluding hydrogens is 784 g/mol. The third-order valence-electron chi connectivity index (χ3n) is 10.5. The van der Waals surface area contributed by atoms with Gasteiger partial charge >= 0.3 is 0 Å². The number of pyridine rings is 2. The first kappa shape index (κ1) is 40.3. The molecule has 8 aromatic rings. The predicted octanol–water partition coefficient (Wildman–Crippen LogP) is 7.07. The standard InChI is InChI=1S/2C23H21N7.ClH/c2*1-2-5-19(6-3-1)21-17-20(18-7-11-24-12-8-18)22(28-27-21)29-13-15-30(16-14-29)23-25-9-4-10-26-23;/h2*1-12,17H,13-16H2;1H. The van der Waals surface area contributed by atoms with E-state index in [1.54, 1.807) is 24.8 Å². The van der Waals surface area contributed by atoms with Gasteiger partial charge < -0.3 is 19.6 Å². The first-order valence-electron chi connectivity index (χ1n) is 20.0. The number of halogens is 1. The summed E-state index contributed by atoms with van der Waals surface area (Å²) in [4.78, 5) is 34.8. The summed E-state index contributed by atoms with van der Waals surface area (Å²) in [5.41, 5.74) is 8.13. The SMILES string of the molecule is Cl.c1ccc(-c2cc(-c3ccncc3)c(N3CCN(c4ncccn4)CC3)nn2)cc1.c1ccc(-c2cc(-c3ccncc3)c(N3CCN(c4ncccn4)CC3)nn2)cc1. The summed E-state index contributed by atoms with van der Waals surface area (Å²) < 4.78 is 0. The number of rotatable bonds is 8. The zero-order chi connectivity index (χ0) is 40.4. The van der Waals surface area contributed by atoms with Crippen LogP contribution in [0.2, 0.25) is 0 Å². The van der Waals surface area contributed by atoms with E-state index in [2.05, 4.69) is 106 Å². The highest BCUT2D eigenvalue weighted by Gasteiger charge is 2.25. The monoisotopic (exact) mass is 826 g/mol. The number of benzene rings is 2. The average Bonchev–Trinajstić information content (AvgIpc) is 3.35. The Balaban J connectivity index is 0.000000166. The molecular formula is C46H43ClN14. The van der Waals surface area contributed by atoms with Crippen LogP contribution in [0.25, 0.3) is 44.8 Å². The third kappa shape index (κ3) is 9.55. The lowest BCUT2D eigenvalue weighted by molar-refractivity contribution is 0.632. The van der Waals surface area contributed by atoms with Gasteiger partial charge in [0.15, 0.2) is 11.6 Å². The quantitative estimate of drug-likeness (QED) is 0.154. The van der Waals surface area contributed by atoms with Gasteiger partial charge in [0.2, 0.25) is 11.9 Å². The molecule has 10 rings (SSSR count). The van der Waals surface area contributed by atoms with E-state index in [-0.39, 0.29) is 12.4 Å². The second kappa shape index (κ2) is 19.5. The molecule has 304 valence electrons. The summed E-state index contributed by atoms with van der Waals surface area (Å²) in [7, 11) is 0. The van der Waals surface area contributed by atoms with Crippen molar-refractivity contribution in [1.82, 2.24) is 50.3 Å². The fourth-order valence-electron chi connectivity index (χ4n) is 7.37. The number of nitrogens with zero attached hydrogens (tertiary/aromatic N) is 14. The lowest BCUT2D eigenvalue weighted by Gasteiger charge is -2.36. The van der Waals surface area contributed by atoms with Gasteiger partial charge in [-0.2, -0.15) is 0 Å². The Bertz CT molecular complexity index is 2380. The Hall–Kier alpha value is -7.45. The van der Waals surface area contributed by atoms with Crippen molar-refractivity contribution in [3.05, 3.63) is 159 Å². The smallest absolute Gasteiger partial charge is 0.225 e. The Morgan fingerprint density at radius 2 is 0.672 bits per heavy atom. The highest BCUT2D eigenvalue weighted by atomic mass is 35.5. The summed E-state index contributed by atoms with van der Waals surface area (Å²) in [6, 6.07) is 36.3. The summed E-state index contributed by atoms with van der Waals surface area (Å²) in [6.07, 6.45) is 14.4. The maximum absolute atomic E-state index is 4.66. The van der Waals surface area contributed by atoms with Crippen LogP contribution in [-0.4, -0.2) is 103 Å². The highest BCUT2D eigenvalue weighted by Crippen LogP contribution is 2.34. The van der Waals surface area contributed by atoms with Crippen molar-refractivity contribution in [2.24, 2.45) is 0 Å². The molecule has 2 aliphatic rings. The van der Waals surface area contributed by atoms with Crippen LogP contribution in [0, 0.1) is 0 Å². The second-order valence-electron chi connectivity index (χ2n) is 14.2. The maximum atomic E-state index is 4.66. The molecule has 2 fully saturated rings. The van der Waals surface area contributed by atoms with E-state index in [9.17, 15) is 0 Å². The number of hydrogen-bond donors (Lipinski definition) is 0. The molecule has 61 heavy (non-hydrogen) atoms. The van der Waals surface area contributed by atoms with E-state index in [4.69, 9.17) is 0 Å². The van der Waals surface area contributed by atoms with Crippen LogP contribution < -0.4 is 19.6 Å². The van der Waals surface area contributed by atoms with E-state index >= 15 is 0 Å². The molecule has 0 unspecified atom stereocenters. The maximum Gasteiger partial charge on any atom is 0.225 e. The van der Waals surface area contributed by atoms with Crippen LogP contribution in [0.4, 0.5) is 23.5 Å². The number of aromatic nitrogens is 10. The van der Waals surface area contributed by atoms with Crippen molar-refractivity contribution >= 4 is 35.9 Å². The number of piperazine rings is 2. The van der Waals surface area contributed by atoms with Crippen molar-refractivity contribution in [3.8, 4) is 44.8 Å². The molecule has 6 aromatic heterocycles. The second-order valence-corrected chi connectivity index (χ2v) is 14.2. The molecule has 0 spiro atoms. The molecule has 0 saturated carbocycles. The van der Waals surface area contributed by atoms with Crippen LogP contribution >= 0.6 is 12.4 Å². The zero-order valence-electron chi connectivity index (χ0n) is 33.3. The molecule has 15 heteroatoms. The summed E-state index contributed by atoms with van der Waals surface area (Å²) in [5, 5.41) is 18.4. The first-order valence-corrected chi connectivity index (χ1v) is 20.0. The van der Waals surface area contributed by atoms with Gasteiger partial charge in [-0.3, -0.25) is 9.97 Å².